The molecule has 1 aromatic carbocycles. The Balaban J connectivity index is 3.13. The molecule has 0 heterocycles. The number of hydrogen-bond donors (Lipinski definition) is 1. The second-order valence-electron chi connectivity index (χ2n) is 4.81. The average molecular weight is 300 g/mol. The molecule has 0 aromatic heterocycles. The number of sulfonamides is 1. The van der Waals surface area contributed by atoms with Gasteiger partial charge in [0.1, 0.15) is 0 Å². The van der Waals surface area contributed by atoms with E-state index in [2.05, 4.69) is 0 Å². The zero-order chi connectivity index (χ0) is 14.8. The van der Waals surface area contributed by atoms with Gasteiger partial charge in [0, 0.05) is 19.5 Å². The Labute approximate surface area is 120 Å². The summed E-state index contributed by atoms with van der Waals surface area (Å²) in [5.74, 6) is 0. The maximum absolute atomic E-state index is 12.5. The lowest BCUT2D eigenvalue weighted by Gasteiger charge is -2.24. The van der Waals surface area contributed by atoms with Gasteiger partial charge in [0.15, 0.2) is 0 Å². The summed E-state index contributed by atoms with van der Waals surface area (Å²) in [6.07, 6.45) is 0.371. The summed E-state index contributed by atoms with van der Waals surface area (Å²) >= 11 is 4.83. The summed E-state index contributed by atoms with van der Waals surface area (Å²) in [5, 5.41) is 0. The number of hydrogen-bond acceptors (Lipinski definition) is 3. The van der Waals surface area contributed by atoms with Gasteiger partial charge < -0.3 is 5.73 Å². The first-order chi connectivity index (χ1) is 8.66. The van der Waals surface area contributed by atoms with Gasteiger partial charge in [0.2, 0.25) is 10.0 Å². The third-order valence-corrected chi connectivity index (χ3v) is 5.40. The number of nitrogens with two attached hydrogens (primary N) is 1. The monoisotopic (exact) mass is 300 g/mol. The zero-order valence-corrected chi connectivity index (χ0v) is 13.3. The summed E-state index contributed by atoms with van der Waals surface area (Å²) in [7, 11) is -1.96. The van der Waals surface area contributed by atoms with E-state index in [4.69, 9.17) is 18.0 Å². The van der Waals surface area contributed by atoms with Crippen LogP contribution < -0.4 is 5.73 Å². The summed E-state index contributed by atoms with van der Waals surface area (Å²) in [6.45, 7) is 5.52. The van der Waals surface area contributed by atoms with E-state index in [1.807, 2.05) is 13.0 Å². The molecule has 0 amide bonds. The molecule has 6 heteroatoms. The van der Waals surface area contributed by atoms with Crippen LogP contribution in [0.25, 0.3) is 0 Å². The van der Waals surface area contributed by atoms with Gasteiger partial charge in [-0.1, -0.05) is 29.9 Å². The van der Waals surface area contributed by atoms with Crippen molar-refractivity contribution in [1.82, 2.24) is 4.31 Å². The van der Waals surface area contributed by atoms with Gasteiger partial charge in [-0.05, 0) is 32.4 Å². The van der Waals surface area contributed by atoms with Crippen LogP contribution in [-0.2, 0) is 10.0 Å². The van der Waals surface area contributed by atoms with Crippen molar-refractivity contribution in [1.29, 1.82) is 0 Å². The molecule has 106 valence electrons. The van der Waals surface area contributed by atoms with E-state index < -0.39 is 10.0 Å². The molecule has 1 aromatic rings. The van der Waals surface area contributed by atoms with Crippen LogP contribution in [0.15, 0.2) is 23.1 Å². The van der Waals surface area contributed by atoms with E-state index in [9.17, 15) is 8.42 Å². The van der Waals surface area contributed by atoms with Crippen LogP contribution in [-0.4, -0.2) is 30.8 Å². The maximum atomic E-state index is 12.5. The van der Waals surface area contributed by atoms with Crippen molar-refractivity contribution in [3.63, 3.8) is 0 Å². The lowest BCUT2D eigenvalue weighted by molar-refractivity contribution is 0.397. The van der Waals surface area contributed by atoms with Crippen molar-refractivity contribution < 1.29 is 8.42 Å². The highest BCUT2D eigenvalue weighted by molar-refractivity contribution is 7.89. The number of nitrogens with zero attached hydrogens (tertiary/aromatic N) is 1. The molecule has 1 rings (SSSR count). The van der Waals surface area contributed by atoms with Crippen molar-refractivity contribution in [2.24, 2.45) is 5.73 Å². The van der Waals surface area contributed by atoms with Gasteiger partial charge in [-0.3, -0.25) is 0 Å². The Morgan fingerprint density at radius 3 is 2.47 bits per heavy atom. The highest BCUT2D eigenvalue weighted by Gasteiger charge is 2.26. The maximum Gasteiger partial charge on any atom is 0.243 e. The molecule has 19 heavy (non-hydrogen) atoms. The summed E-state index contributed by atoms with van der Waals surface area (Å²) in [4.78, 5) is 0.644. The van der Waals surface area contributed by atoms with E-state index in [0.29, 0.717) is 16.3 Å². The van der Waals surface area contributed by atoms with Gasteiger partial charge in [-0.25, -0.2) is 8.42 Å². The van der Waals surface area contributed by atoms with Crippen molar-refractivity contribution in [2.75, 3.05) is 7.05 Å². The molecule has 0 aliphatic rings. The van der Waals surface area contributed by atoms with Crippen LogP contribution in [0, 0.1) is 13.8 Å². The van der Waals surface area contributed by atoms with Crippen LogP contribution in [0.1, 0.15) is 24.5 Å². The van der Waals surface area contributed by atoms with Gasteiger partial charge in [-0.2, -0.15) is 4.31 Å². The molecular formula is C13H20N2O2S2. The Hall–Kier alpha value is -0.980. The SMILES string of the molecule is Cc1ccc(S(=O)(=O)N(C)C(C)CC(N)=S)c(C)c1. The van der Waals surface area contributed by atoms with Gasteiger partial charge in [0.25, 0.3) is 0 Å². The minimum atomic E-state index is -3.51. The molecule has 2 N–H and O–H groups in total. The van der Waals surface area contributed by atoms with Crippen molar-refractivity contribution in [2.45, 2.75) is 38.1 Å². The van der Waals surface area contributed by atoms with Gasteiger partial charge >= 0.3 is 0 Å². The van der Waals surface area contributed by atoms with E-state index in [1.54, 1.807) is 33.0 Å². The van der Waals surface area contributed by atoms with Crippen molar-refractivity contribution >= 4 is 27.2 Å². The number of thiocarbonyl (C=S) groups is 1. The smallest absolute Gasteiger partial charge is 0.243 e. The van der Waals surface area contributed by atoms with E-state index in [0.717, 1.165) is 11.1 Å². The van der Waals surface area contributed by atoms with Crippen LogP contribution in [0.5, 0.6) is 0 Å². The summed E-state index contributed by atoms with van der Waals surface area (Å²) in [6, 6.07) is 5.04. The van der Waals surface area contributed by atoms with Crippen molar-refractivity contribution in [3.05, 3.63) is 29.3 Å². The average Bonchev–Trinajstić information content (AvgIpc) is 2.26. The van der Waals surface area contributed by atoms with E-state index in [1.165, 1.54) is 4.31 Å². The molecule has 0 radical (unpaired) electrons. The van der Waals surface area contributed by atoms with E-state index >= 15 is 0 Å². The van der Waals surface area contributed by atoms with Crippen LogP contribution in [0.3, 0.4) is 0 Å². The Morgan fingerprint density at radius 2 is 2.00 bits per heavy atom. The van der Waals surface area contributed by atoms with Crippen LogP contribution >= 0.6 is 12.2 Å². The van der Waals surface area contributed by atoms with Gasteiger partial charge in [-0.15, -0.1) is 0 Å². The molecule has 4 nitrogen and oxygen atoms in total. The zero-order valence-electron chi connectivity index (χ0n) is 11.7. The molecular weight excluding hydrogens is 280 g/mol. The molecule has 1 atom stereocenters. The molecule has 0 fully saturated rings. The fraction of sp³-hybridized carbons (Fsp3) is 0.462. The molecule has 0 bridgehead atoms. The Kier molecular flexibility index (Phi) is 5.06. The molecule has 0 aliphatic carbocycles. The topological polar surface area (TPSA) is 63.4 Å². The molecule has 0 spiro atoms. The second kappa shape index (κ2) is 5.98. The minimum absolute atomic E-state index is 0.261. The Bertz CT molecular complexity index is 582. The quantitative estimate of drug-likeness (QED) is 0.845. The fourth-order valence-electron chi connectivity index (χ4n) is 1.90. The first kappa shape index (κ1) is 16.1. The largest absolute Gasteiger partial charge is 0.393 e. The summed E-state index contributed by atoms with van der Waals surface area (Å²) in [5.41, 5.74) is 7.25. The first-order valence-corrected chi connectivity index (χ1v) is 7.84. The minimum Gasteiger partial charge on any atom is -0.393 e. The van der Waals surface area contributed by atoms with Crippen molar-refractivity contribution in [3.8, 4) is 0 Å². The lowest BCUT2D eigenvalue weighted by atomic mass is 10.2. The standard InChI is InChI=1S/C13H20N2O2S2/c1-9-5-6-12(10(2)7-9)19(16,17)15(4)11(3)8-13(14)18/h5-7,11H,8H2,1-4H3,(H2,14,18). The Morgan fingerprint density at radius 1 is 1.42 bits per heavy atom. The third kappa shape index (κ3) is 3.75. The highest BCUT2D eigenvalue weighted by atomic mass is 32.2. The van der Waals surface area contributed by atoms with Crippen LogP contribution in [0.2, 0.25) is 0 Å². The predicted octanol–water partition coefficient (Wildman–Crippen LogP) is 1.99. The number of benzene rings is 1. The fourth-order valence-corrected chi connectivity index (χ4v) is 3.71. The third-order valence-electron chi connectivity index (χ3n) is 3.10. The lowest BCUT2D eigenvalue weighted by Crippen LogP contribution is -2.37. The highest BCUT2D eigenvalue weighted by Crippen LogP contribution is 2.22. The first-order valence-electron chi connectivity index (χ1n) is 6.00. The molecule has 0 saturated heterocycles. The molecule has 0 aliphatic heterocycles. The van der Waals surface area contributed by atoms with E-state index in [-0.39, 0.29) is 6.04 Å². The number of aryl methyl sites for hydroxylation is 2. The number of rotatable bonds is 5. The van der Waals surface area contributed by atoms with Gasteiger partial charge in [0.05, 0.1) is 9.88 Å². The van der Waals surface area contributed by atoms with Crippen LogP contribution in [0.4, 0.5) is 0 Å². The second-order valence-corrected chi connectivity index (χ2v) is 7.30. The molecule has 0 saturated carbocycles. The predicted molar refractivity (Wildman–Crippen MR) is 81.7 cm³/mol. The molecule has 1 unspecified atom stereocenters. The summed E-state index contributed by atoms with van der Waals surface area (Å²) < 4.78 is 26.4. The normalized spacial score (nSPS) is 13.5.